The predicted octanol–water partition coefficient (Wildman–Crippen LogP) is 2.55. The Morgan fingerprint density at radius 1 is 0.929 bits per heavy atom. The van der Waals surface area contributed by atoms with Crippen molar-refractivity contribution in [3.8, 4) is 11.5 Å². The lowest BCUT2D eigenvalue weighted by atomic mass is 10.0. The number of hydrogen-bond donors (Lipinski definition) is 2. The molecule has 0 atom stereocenters. The first-order chi connectivity index (χ1) is 6.69. The molecule has 0 spiro atoms. The van der Waals surface area contributed by atoms with Crippen LogP contribution in [-0.4, -0.2) is 10.2 Å². The average molecular weight is 190 g/mol. The van der Waals surface area contributed by atoms with Crippen molar-refractivity contribution < 1.29 is 10.2 Å². The molecule has 2 heteroatoms. The molecule has 0 aliphatic carbocycles. The molecule has 2 N–H and O–H groups in total. The maximum Gasteiger partial charge on any atom is 0.119 e. The lowest BCUT2D eigenvalue weighted by Gasteiger charge is -2.07. The third kappa shape index (κ3) is 2.16. The van der Waals surface area contributed by atoms with Crippen LogP contribution in [0.1, 0.15) is 11.1 Å². The van der Waals surface area contributed by atoms with Crippen LogP contribution in [0.15, 0.2) is 37.4 Å². The minimum atomic E-state index is 0.194. The van der Waals surface area contributed by atoms with E-state index in [2.05, 4.69) is 13.2 Å². The standard InChI is InChI=1S/C12H14O2/c1-3-5-9-7-12(14)10(6-4-2)8-11(9)13/h3-4,7-8,13-14H,1-2,5-6H2. The highest BCUT2D eigenvalue weighted by Crippen LogP contribution is 2.28. The van der Waals surface area contributed by atoms with Crippen molar-refractivity contribution in [3.63, 3.8) is 0 Å². The molecule has 0 aliphatic rings. The summed E-state index contributed by atoms with van der Waals surface area (Å²) < 4.78 is 0. The molecule has 0 amide bonds. The van der Waals surface area contributed by atoms with Gasteiger partial charge in [-0.05, 0) is 25.0 Å². The Bertz CT molecular complexity index is 318. The normalized spacial score (nSPS) is 9.71. The van der Waals surface area contributed by atoms with Crippen molar-refractivity contribution >= 4 is 0 Å². The molecule has 0 bridgehead atoms. The Hall–Kier alpha value is -1.70. The summed E-state index contributed by atoms with van der Waals surface area (Å²) in [7, 11) is 0. The second-order valence-electron chi connectivity index (χ2n) is 3.10. The van der Waals surface area contributed by atoms with Crippen LogP contribution in [0, 0.1) is 0 Å². The molecule has 0 saturated carbocycles. The first-order valence-corrected chi connectivity index (χ1v) is 4.44. The van der Waals surface area contributed by atoms with Gasteiger partial charge in [0.2, 0.25) is 0 Å². The zero-order valence-corrected chi connectivity index (χ0v) is 8.03. The van der Waals surface area contributed by atoms with E-state index in [9.17, 15) is 10.2 Å². The van der Waals surface area contributed by atoms with Crippen molar-refractivity contribution in [2.75, 3.05) is 0 Å². The summed E-state index contributed by atoms with van der Waals surface area (Å²) in [5, 5.41) is 19.2. The largest absolute Gasteiger partial charge is 0.508 e. The van der Waals surface area contributed by atoms with E-state index in [1.54, 1.807) is 24.3 Å². The molecular weight excluding hydrogens is 176 g/mol. The second kappa shape index (κ2) is 4.51. The zero-order chi connectivity index (χ0) is 10.6. The Morgan fingerprint density at radius 3 is 1.57 bits per heavy atom. The van der Waals surface area contributed by atoms with Crippen LogP contribution in [0.4, 0.5) is 0 Å². The van der Waals surface area contributed by atoms with Gasteiger partial charge < -0.3 is 10.2 Å². The Morgan fingerprint density at radius 2 is 1.29 bits per heavy atom. The third-order valence-electron chi connectivity index (χ3n) is 2.01. The van der Waals surface area contributed by atoms with E-state index in [1.165, 1.54) is 0 Å². The highest BCUT2D eigenvalue weighted by atomic mass is 16.3. The molecule has 2 nitrogen and oxygen atoms in total. The summed E-state index contributed by atoms with van der Waals surface area (Å²) in [4.78, 5) is 0. The highest BCUT2D eigenvalue weighted by Gasteiger charge is 2.06. The van der Waals surface area contributed by atoms with E-state index in [-0.39, 0.29) is 11.5 Å². The smallest absolute Gasteiger partial charge is 0.119 e. The molecule has 1 aromatic rings. The molecule has 0 aliphatic heterocycles. The van der Waals surface area contributed by atoms with Crippen LogP contribution < -0.4 is 0 Å². The Labute approximate surface area is 83.8 Å². The van der Waals surface area contributed by atoms with Gasteiger partial charge in [0, 0.05) is 11.1 Å². The Balaban J connectivity index is 3.09. The van der Waals surface area contributed by atoms with E-state index in [4.69, 9.17) is 0 Å². The van der Waals surface area contributed by atoms with E-state index in [1.807, 2.05) is 0 Å². The van der Waals surface area contributed by atoms with Gasteiger partial charge in [-0.25, -0.2) is 0 Å². The number of phenolic OH excluding ortho intramolecular Hbond substituents is 2. The highest BCUT2D eigenvalue weighted by molar-refractivity contribution is 5.46. The lowest BCUT2D eigenvalue weighted by molar-refractivity contribution is 0.451. The number of phenols is 2. The summed E-state index contributed by atoms with van der Waals surface area (Å²) in [5.74, 6) is 0.388. The van der Waals surface area contributed by atoms with Gasteiger partial charge in [0.05, 0.1) is 0 Å². The number of allylic oxidation sites excluding steroid dienone is 2. The molecule has 14 heavy (non-hydrogen) atoms. The number of hydrogen-bond acceptors (Lipinski definition) is 2. The van der Waals surface area contributed by atoms with Gasteiger partial charge in [0.15, 0.2) is 0 Å². The van der Waals surface area contributed by atoms with Crippen LogP contribution in [0.5, 0.6) is 11.5 Å². The van der Waals surface area contributed by atoms with Crippen LogP contribution in [0.25, 0.3) is 0 Å². The van der Waals surface area contributed by atoms with E-state index in [0.29, 0.717) is 24.0 Å². The molecule has 1 aromatic carbocycles. The maximum atomic E-state index is 9.58. The van der Waals surface area contributed by atoms with E-state index >= 15 is 0 Å². The summed E-state index contributed by atoms with van der Waals surface area (Å²) in [5.41, 5.74) is 1.37. The summed E-state index contributed by atoms with van der Waals surface area (Å²) in [6, 6.07) is 3.13. The van der Waals surface area contributed by atoms with Crippen molar-refractivity contribution in [1.82, 2.24) is 0 Å². The average Bonchev–Trinajstić information content (AvgIpc) is 2.14. The van der Waals surface area contributed by atoms with Crippen LogP contribution >= 0.6 is 0 Å². The SMILES string of the molecule is C=CCc1cc(O)c(CC=C)cc1O. The van der Waals surface area contributed by atoms with Gasteiger partial charge >= 0.3 is 0 Å². The fourth-order valence-electron chi connectivity index (χ4n) is 1.30. The first kappa shape index (κ1) is 10.4. The van der Waals surface area contributed by atoms with E-state index in [0.717, 1.165) is 0 Å². The van der Waals surface area contributed by atoms with Crippen molar-refractivity contribution in [3.05, 3.63) is 48.6 Å². The molecule has 1 rings (SSSR count). The van der Waals surface area contributed by atoms with Crippen molar-refractivity contribution in [2.45, 2.75) is 12.8 Å². The molecule has 0 fully saturated rings. The van der Waals surface area contributed by atoms with Gasteiger partial charge in [-0.1, -0.05) is 12.2 Å². The summed E-state index contributed by atoms with van der Waals surface area (Å²) in [6.07, 6.45) is 4.46. The number of aromatic hydroxyl groups is 2. The van der Waals surface area contributed by atoms with Crippen molar-refractivity contribution in [2.24, 2.45) is 0 Å². The molecule has 0 unspecified atom stereocenters. The predicted molar refractivity (Wildman–Crippen MR) is 57.6 cm³/mol. The first-order valence-electron chi connectivity index (χ1n) is 4.44. The molecule has 74 valence electrons. The third-order valence-corrected chi connectivity index (χ3v) is 2.01. The maximum absolute atomic E-state index is 9.58. The second-order valence-corrected chi connectivity index (χ2v) is 3.10. The fraction of sp³-hybridized carbons (Fsp3) is 0.167. The molecule has 0 radical (unpaired) electrons. The topological polar surface area (TPSA) is 40.5 Å². The van der Waals surface area contributed by atoms with E-state index < -0.39 is 0 Å². The molecule has 0 aromatic heterocycles. The molecule has 0 saturated heterocycles. The minimum absolute atomic E-state index is 0.194. The van der Waals surface area contributed by atoms with Gasteiger partial charge in [-0.3, -0.25) is 0 Å². The minimum Gasteiger partial charge on any atom is -0.508 e. The van der Waals surface area contributed by atoms with Crippen LogP contribution in [0.3, 0.4) is 0 Å². The number of benzene rings is 1. The lowest BCUT2D eigenvalue weighted by Crippen LogP contribution is -1.88. The quantitative estimate of drug-likeness (QED) is 0.566. The van der Waals surface area contributed by atoms with Gasteiger partial charge in [0.25, 0.3) is 0 Å². The van der Waals surface area contributed by atoms with Gasteiger partial charge in [-0.2, -0.15) is 0 Å². The Kier molecular flexibility index (Phi) is 3.35. The zero-order valence-electron chi connectivity index (χ0n) is 8.03. The fourth-order valence-corrected chi connectivity index (χ4v) is 1.30. The van der Waals surface area contributed by atoms with Crippen LogP contribution in [-0.2, 0) is 12.8 Å². The summed E-state index contributed by atoms with van der Waals surface area (Å²) in [6.45, 7) is 7.15. The molecule has 0 heterocycles. The van der Waals surface area contributed by atoms with Gasteiger partial charge in [0.1, 0.15) is 11.5 Å². The summed E-state index contributed by atoms with van der Waals surface area (Å²) >= 11 is 0. The number of rotatable bonds is 4. The van der Waals surface area contributed by atoms with Crippen LogP contribution in [0.2, 0.25) is 0 Å². The van der Waals surface area contributed by atoms with Gasteiger partial charge in [-0.15, -0.1) is 13.2 Å². The molecular formula is C12H14O2. The monoisotopic (exact) mass is 190 g/mol. The van der Waals surface area contributed by atoms with Crippen molar-refractivity contribution in [1.29, 1.82) is 0 Å².